The Morgan fingerprint density at radius 3 is 0.759 bits per heavy atom. The van der Waals surface area contributed by atoms with Crippen LogP contribution in [-0.2, 0) is 28.6 Å². The first-order valence-electron chi connectivity index (χ1n) is 34.7. The summed E-state index contributed by atoms with van der Waals surface area (Å²) < 4.78 is 17.0. The van der Waals surface area contributed by atoms with Crippen molar-refractivity contribution < 1.29 is 28.6 Å². The molecule has 6 nitrogen and oxygen atoms in total. The fraction of sp³-hybridized carbons (Fsp3) is 0.675. The second-order valence-corrected chi connectivity index (χ2v) is 22.7. The third-order valence-corrected chi connectivity index (χ3v) is 14.6. The standard InChI is InChI=1S/C77H128O6/c1-4-7-10-13-16-19-22-25-28-31-33-35-37-38-40-41-43-46-49-52-55-58-61-64-67-70-76(79)82-73-74(72-81-75(78)69-66-63-60-57-54-51-48-45-30-27-24-21-18-15-12-9-6-3)83-77(80)71-68-65-62-59-56-53-50-47-44-42-39-36-34-32-29-26-23-20-17-14-11-8-5-2/h7,9-10,12,16,18-19,21,25,27-28,30,32-35,38,40,43,46,52,55,74H,4-6,8,11,13-15,17,20,22-24,26,29,31,36-37,39,41-42,44-45,47-51,53-54,56-73H2,1-3H3/b10-7-,12-9-,19-16-,21-18-,28-25-,30-27-,34-32-,35-33-,40-38-,46-43-,55-52-. The number of ether oxygens (including phenoxy) is 3. The predicted octanol–water partition coefficient (Wildman–Crippen LogP) is 24.1. The summed E-state index contributed by atoms with van der Waals surface area (Å²) >= 11 is 0. The molecule has 472 valence electrons. The molecule has 0 saturated heterocycles. The van der Waals surface area contributed by atoms with Crippen molar-refractivity contribution in [3.05, 3.63) is 134 Å². The lowest BCUT2D eigenvalue weighted by Crippen LogP contribution is -2.30. The van der Waals surface area contributed by atoms with Crippen LogP contribution in [0.25, 0.3) is 0 Å². The molecule has 0 aliphatic carbocycles. The lowest BCUT2D eigenvalue weighted by atomic mass is 10.0. The molecule has 0 aliphatic rings. The normalized spacial score (nSPS) is 13.0. The quantitative estimate of drug-likeness (QED) is 0.0261. The second-order valence-electron chi connectivity index (χ2n) is 22.7. The fourth-order valence-corrected chi connectivity index (χ4v) is 9.49. The molecule has 0 aromatic carbocycles. The molecule has 6 heteroatoms. The van der Waals surface area contributed by atoms with Crippen LogP contribution in [0.15, 0.2) is 134 Å². The van der Waals surface area contributed by atoms with Crippen molar-refractivity contribution in [2.75, 3.05) is 13.2 Å². The summed E-state index contributed by atoms with van der Waals surface area (Å²) in [6.07, 6.45) is 98.9. The zero-order valence-corrected chi connectivity index (χ0v) is 54.2. The van der Waals surface area contributed by atoms with E-state index in [1.165, 1.54) is 141 Å². The molecule has 0 saturated carbocycles. The lowest BCUT2D eigenvalue weighted by Gasteiger charge is -2.18. The number of allylic oxidation sites excluding steroid dienone is 22. The Bertz CT molecular complexity index is 1750. The number of carbonyl (C=O) groups is 3. The average molecular weight is 1150 g/mol. The first kappa shape index (κ1) is 78.5. The third-order valence-electron chi connectivity index (χ3n) is 14.6. The summed E-state index contributed by atoms with van der Waals surface area (Å²) in [6.45, 7) is 6.41. The number of esters is 3. The highest BCUT2D eigenvalue weighted by Gasteiger charge is 2.19. The minimum atomic E-state index is -0.804. The zero-order chi connectivity index (χ0) is 59.9. The van der Waals surface area contributed by atoms with Gasteiger partial charge in [0.15, 0.2) is 6.10 Å². The molecule has 0 spiro atoms. The van der Waals surface area contributed by atoms with Crippen molar-refractivity contribution in [2.45, 2.75) is 322 Å². The van der Waals surface area contributed by atoms with E-state index in [1.54, 1.807) is 0 Å². The fourth-order valence-electron chi connectivity index (χ4n) is 9.49. The van der Waals surface area contributed by atoms with Crippen LogP contribution in [0.5, 0.6) is 0 Å². The van der Waals surface area contributed by atoms with Crippen LogP contribution in [-0.4, -0.2) is 37.2 Å². The summed E-state index contributed by atoms with van der Waals surface area (Å²) in [5, 5.41) is 0. The van der Waals surface area contributed by atoms with E-state index in [0.717, 1.165) is 135 Å². The highest BCUT2D eigenvalue weighted by molar-refractivity contribution is 5.71. The van der Waals surface area contributed by atoms with Crippen LogP contribution >= 0.6 is 0 Å². The summed E-state index contributed by atoms with van der Waals surface area (Å²) in [4.78, 5) is 38.5. The van der Waals surface area contributed by atoms with Gasteiger partial charge in [-0.15, -0.1) is 0 Å². The van der Waals surface area contributed by atoms with Crippen LogP contribution in [0.4, 0.5) is 0 Å². The molecule has 83 heavy (non-hydrogen) atoms. The molecule has 1 unspecified atom stereocenters. The molecule has 0 radical (unpaired) electrons. The van der Waals surface area contributed by atoms with E-state index >= 15 is 0 Å². The first-order valence-corrected chi connectivity index (χ1v) is 34.7. The Morgan fingerprint density at radius 2 is 0.470 bits per heavy atom. The summed E-state index contributed by atoms with van der Waals surface area (Å²) in [5.41, 5.74) is 0. The van der Waals surface area contributed by atoms with Gasteiger partial charge in [0.25, 0.3) is 0 Å². The van der Waals surface area contributed by atoms with Crippen molar-refractivity contribution in [1.29, 1.82) is 0 Å². The second kappa shape index (κ2) is 70.0. The van der Waals surface area contributed by atoms with Gasteiger partial charge in [0.2, 0.25) is 0 Å². The van der Waals surface area contributed by atoms with Crippen molar-refractivity contribution in [3.8, 4) is 0 Å². The smallest absolute Gasteiger partial charge is 0.306 e. The van der Waals surface area contributed by atoms with E-state index in [9.17, 15) is 14.4 Å². The molecule has 0 aromatic heterocycles. The van der Waals surface area contributed by atoms with E-state index < -0.39 is 6.10 Å². The maximum Gasteiger partial charge on any atom is 0.306 e. The topological polar surface area (TPSA) is 78.9 Å². The molecule has 0 rings (SSSR count). The number of hydrogen-bond acceptors (Lipinski definition) is 6. The van der Waals surface area contributed by atoms with Crippen LogP contribution in [0.2, 0.25) is 0 Å². The molecule has 0 amide bonds. The van der Waals surface area contributed by atoms with Gasteiger partial charge in [0, 0.05) is 19.3 Å². The van der Waals surface area contributed by atoms with Gasteiger partial charge >= 0.3 is 17.9 Å². The molecule has 0 aliphatic heterocycles. The van der Waals surface area contributed by atoms with E-state index in [1.807, 2.05) is 0 Å². The minimum Gasteiger partial charge on any atom is -0.462 e. The van der Waals surface area contributed by atoms with Gasteiger partial charge in [-0.2, -0.15) is 0 Å². The third kappa shape index (κ3) is 68.2. The Labute approximate surface area is 513 Å². The van der Waals surface area contributed by atoms with Crippen LogP contribution in [0, 0.1) is 0 Å². The maximum absolute atomic E-state index is 13.0. The summed E-state index contributed by atoms with van der Waals surface area (Å²) in [5.74, 6) is -0.933. The Morgan fingerprint density at radius 1 is 0.253 bits per heavy atom. The van der Waals surface area contributed by atoms with Crippen molar-refractivity contribution >= 4 is 17.9 Å². The minimum absolute atomic E-state index is 0.0970. The monoisotopic (exact) mass is 1150 g/mol. The van der Waals surface area contributed by atoms with Gasteiger partial charge < -0.3 is 14.2 Å². The Balaban J connectivity index is 4.45. The summed E-state index contributed by atoms with van der Waals surface area (Å²) in [6, 6.07) is 0. The summed E-state index contributed by atoms with van der Waals surface area (Å²) in [7, 11) is 0. The van der Waals surface area contributed by atoms with Gasteiger partial charge in [-0.05, 0) is 135 Å². The lowest BCUT2D eigenvalue weighted by molar-refractivity contribution is -0.167. The molecule has 1 atom stereocenters. The maximum atomic E-state index is 13.0. The number of rotatable bonds is 62. The van der Waals surface area contributed by atoms with Crippen molar-refractivity contribution in [2.24, 2.45) is 0 Å². The molecule has 0 N–H and O–H groups in total. The molecule has 0 bridgehead atoms. The first-order chi connectivity index (χ1) is 41.0. The predicted molar refractivity (Wildman–Crippen MR) is 362 cm³/mol. The molecule has 0 fully saturated rings. The van der Waals surface area contributed by atoms with Crippen molar-refractivity contribution in [3.63, 3.8) is 0 Å². The highest BCUT2D eigenvalue weighted by Crippen LogP contribution is 2.16. The average Bonchev–Trinajstić information content (AvgIpc) is 3.49. The number of unbranched alkanes of at least 4 members (excludes halogenated alkanes) is 29. The van der Waals surface area contributed by atoms with E-state index in [0.29, 0.717) is 19.3 Å². The molecular formula is C77H128O6. The van der Waals surface area contributed by atoms with E-state index in [4.69, 9.17) is 14.2 Å². The van der Waals surface area contributed by atoms with Crippen molar-refractivity contribution in [1.82, 2.24) is 0 Å². The number of hydrogen-bond donors (Lipinski definition) is 0. The molecule has 0 heterocycles. The largest absolute Gasteiger partial charge is 0.462 e. The van der Waals surface area contributed by atoms with Crippen LogP contribution in [0.1, 0.15) is 316 Å². The van der Waals surface area contributed by atoms with E-state index in [2.05, 4.69) is 154 Å². The highest BCUT2D eigenvalue weighted by atomic mass is 16.6. The van der Waals surface area contributed by atoms with Gasteiger partial charge in [-0.25, -0.2) is 0 Å². The van der Waals surface area contributed by atoms with Crippen LogP contribution < -0.4 is 0 Å². The molecule has 0 aromatic rings. The van der Waals surface area contributed by atoms with Crippen LogP contribution in [0.3, 0.4) is 0 Å². The SMILES string of the molecule is CC/C=C\C/C=C\C/C=C\C/C=C\C/C=C\C/C=C\C/C=C\CCCCCC(=O)OCC(COC(=O)CCCCCCCCC/C=C\C/C=C\C/C=C\CC)OC(=O)CCCCCCCCCCCCC/C=C\CCCCCCCCCC. The number of carbonyl (C=O) groups excluding carboxylic acids is 3. The van der Waals surface area contributed by atoms with E-state index in [-0.39, 0.29) is 31.1 Å². The van der Waals surface area contributed by atoms with Gasteiger partial charge in [0.1, 0.15) is 13.2 Å². The van der Waals surface area contributed by atoms with Gasteiger partial charge in [-0.1, -0.05) is 296 Å². The van der Waals surface area contributed by atoms with Gasteiger partial charge in [-0.3, -0.25) is 14.4 Å². The van der Waals surface area contributed by atoms with Gasteiger partial charge in [0.05, 0.1) is 0 Å². The molecular weight excluding hydrogens is 1020 g/mol. The zero-order valence-electron chi connectivity index (χ0n) is 54.2. The Hall–Kier alpha value is -4.45. The Kier molecular flexibility index (Phi) is 66.3.